The van der Waals surface area contributed by atoms with Crippen LogP contribution in [0.5, 0.6) is 0 Å². The van der Waals surface area contributed by atoms with Crippen molar-refractivity contribution in [2.75, 3.05) is 17.2 Å². The van der Waals surface area contributed by atoms with E-state index >= 15 is 0 Å². The van der Waals surface area contributed by atoms with E-state index in [1.54, 1.807) is 0 Å². The second-order valence-corrected chi connectivity index (χ2v) is 7.42. The average Bonchev–Trinajstić information content (AvgIpc) is 3.25. The number of benzene rings is 1. The molecule has 0 saturated carbocycles. The number of urea groups is 1. The summed E-state index contributed by atoms with van der Waals surface area (Å²) in [5, 5.41) is 8.11. The van der Waals surface area contributed by atoms with Gasteiger partial charge in [0.2, 0.25) is 0 Å². The zero-order valence-electron chi connectivity index (χ0n) is 17.2. The number of alkyl halides is 6. The third kappa shape index (κ3) is 7.11. The summed E-state index contributed by atoms with van der Waals surface area (Å²) in [7, 11) is 0. The Morgan fingerprint density at radius 2 is 1.77 bits per heavy atom. The third-order valence-corrected chi connectivity index (χ3v) is 4.69. The molecule has 0 unspecified atom stereocenters. The van der Waals surface area contributed by atoms with Gasteiger partial charge in [0.1, 0.15) is 11.5 Å². The highest BCUT2D eigenvalue weighted by Crippen LogP contribution is 2.32. The molecule has 1 aromatic heterocycles. The Labute approximate surface area is 197 Å². The lowest BCUT2D eigenvalue weighted by Crippen LogP contribution is -2.46. The second-order valence-electron chi connectivity index (χ2n) is 7.01. The van der Waals surface area contributed by atoms with Crippen LogP contribution in [0.3, 0.4) is 0 Å². The maximum absolute atomic E-state index is 12.7. The standard InChI is InChI=1S/C19H15ClF6N6O3/c20-13-5-10(19(24,25)26)7-27-15(13)28-8-12-6-14(32-35-12)16(33)30-31-17(34)29-11-3-1-2-9(4-11)18(21,22)23/h1-5,7,12H,6,8H2,(H,27,28)(H,30,33)(H2,29,31,34)/t12-/m0/s1. The zero-order valence-corrected chi connectivity index (χ0v) is 18.0. The van der Waals surface area contributed by atoms with E-state index in [9.17, 15) is 35.9 Å². The first-order valence-corrected chi connectivity index (χ1v) is 9.94. The molecule has 3 amide bonds. The Bertz CT molecular complexity index is 1140. The molecule has 2 aromatic rings. The van der Waals surface area contributed by atoms with Gasteiger partial charge in [0.25, 0.3) is 5.91 Å². The summed E-state index contributed by atoms with van der Waals surface area (Å²) in [6, 6.07) is 3.56. The quantitative estimate of drug-likeness (QED) is 0.346. The van der Waals surface area contributed by atoms with E-state index in [0.29, 0.717) is 18.3 Å². The van der Waals surface area contributed by atoms with Gasteiger partial charge in [0.05, 0.1) is 22.7 Å². The van der Waals surface area contributed by atoms with E-state index < -0.39 is 41.5 Å². The number of amides is 3. The molecule has 0 spiro atoms. The van der Waals surface area contributed by atoms with Crippen molar-refractivity contribution < 1.29 is 40.8 Å². The number of hydrogen-bond acceptors (Lipinski definition) is 6. The minimum atomic E-state index is -4.60. The number of nitrogens with one attached hydrogen (secondary N) is 4. The van der Waals surface area contributed by atoms with E-state index in [0.717, 1.165) is 12.1 Å². The van der Waals surface area contributed by atoms with Crippen LogP contribution in [0, 0.1) is 0 Å². The van der Waals surface area contributed by atoms with Crippen LogP contribution in [0.4, 0.5) is 42.6 Å². The van der Waals surface area contributed by atoms with E-state index in [2.05, 4.69) is 20.8 Å². The van der Waals surface area contributed by atoms with Gasteiger partial charge in [-0.2, -0.15) is 26.3 Å². The van der Waals surface area contributed by atoms with Crippen LogP contribution < -0.4 is 21.5 Å². The first kappa shape index (κ1) is 25.9. The van der Waals surface area contributed by atoms with Crippen molar-refractivity contribution in [3.8, 4) is 0 Å². The Kier molecular flexibility index (Phi) is 7.57. The molecule has 4 N–H and O–H groups in total. The van der Waals surface area contributed by atoms with Gasteiger partial charge < -0.3 is 15.5 Å². The molecule has 16 heteroatoms. The van der Waals surface area contributed by atoms with Crippen molar-refractivity contribution in [3.63, 3.8) is 0 Å². The first-order valence-electron chi connectivity index (χ1n) is 9.57. The number of halogens is 7. The Balaban J connectivity index is 1.44. The predicted molar refractivity (Wildman–Crippen MR) is 111 cm³/mol. The number of hydrogen-bond donors (Lipinski definition) is 4. The van der Waals surface area contributed by atoms with Crippen LogP contribution >= 0.6 is 11.6 Å². The lowest BCUT2D eigenvalue weighted by Gasteiger charge is -2.13. The zero-order chi connectivity index (χ0) is 25.8. The third-order valence-electron chi connectivity index (χ3n) is 4.40. The molecular weight excluding hydrogens is 510 g/mol. The van der Waals surface area contributed by atoms with Gasteiger partial charge in [-0.15, -0.1) is 0 Å². The minimum Gasteiger partial charge on any atom is -0.390 e. The number of oxime groups is 1. The normalized spacial score (nSPS) is 15.6. The topological polar surface area (TPSA) is 117 Å². The Morgan fingerprint density at radius 1 is 1.06 bits per heavy atom. The second kappa shape index (κ2) is 10.2. The lowest BCUT2D eigenvalue weighted by molar-refractivity contribution is -0.138. The molecule has 188 valence electrons. The van der Waals surface area contributed by atoms with Gasteiger partial charge in [0.15, 0.2) is 6.10 Å². The summed E-state index contributed by atoms with van der Waals surface area (Å²) < 4.78 is 76.2. The maximum atomic E-state index is 12.7. The summed E-state index contributed by atoms with van der Waals surface area (Å²) in [5.74, 6) is -0.883. The minimum absolute atomic E-state index is 0.0121. The number of carbonyl (C=O) groups excluding carboxylic acids is 2. The summed E-state index contributed by atoms with van der Waals surface area (Å²) in [6.07, 6.45) is -9.32. The van der Waals surface area contributed by atoms with Crippen LogP contribution in [0.25, 0.3) is 0 Å². The number of rotatable bonds is 5. The highest BCUT2D eigenvalue weighted by Gasteiger charge is 2.32. The van der Waals surface area contributed by atoms with E-state index in [1.165, 1.54) is 6.07 Å². The molecule has 3 rings (SSSR count). The van der Waals surface area contributed by atoms with Crippen molar-refractivity contribution in [1.29, 1.82) is 0 Å². The molecule has 0 aliphatic carbocycles. The first-order chi connectivity index (χ1) is 16.3. The van der Waals surface area contributed by atoms with Crippen LogP contribution in [0.2, 0.25) is 5.02 Å². The molecule has 35 heavy (non-hydrogen) atoms. The van der Waals surface area contributed by atoms with Crippen LogP contribution in [-0.4, -0.2) is 35.3 Å². The van der Waals surface area contributed by atoms with Crippen LogP contribution in [-0.2, 0) is 22.0 Å². The van der Waals surface area contributed by atoms with E-state index in [-0.39, 0.29) is 35.2 Å². The highest BCUT2D eigenvalue weighted by atomic mass is 35.5. The van der Waals surface area contributed by atoms with Crippen molar-refractivity contribution in [1.82, 2.24) is 15.8 Å². The summed E-state index contributed by atoms with van der Waals surface area (Å²) >= 11 is 5.80. The predicted octanol–water partition coefficient (Wildman–Crippen LogP) is 4.18. The molecule has 2 heterocycles. The van der Waals surface area contributed by atoms with Crippen molar-refractivity contribution in [2.24, 2.45) is 5.16 Å². The van der Waals surface area contributed by atoms with Gasteiger partial charge in [-0.3, -0.25) is 10.2 Å². The fourth-order valence-corrected chi connectivity index (χ4v) is 2.96. The molecule has 9 nitrogen and oxygen atoms in total. The average molecular weight is 525 g/mol. The number of nitrogens with zero attached hydrogens (tertiary/aromatic N) is 2. The molecule has 0 saturated heterocycles. The molecule has 1 atom stereocenters. The molecular formula is C19H15ClF6N6O3. The number of carbonyl (C=O) groups is 2. The largest absolute Gasteiger partial charge is 0.417 e. The Hall–Kier alpha value is -3.75. The maximum Gasteiger partial charge on any atom is 0.417 e. The number of pyridine rings is 1. The van der Waals surface area contributed by atoms with E-state index in [4.69, 9.17) is 16.4 Å². The van der Waals surface area contributed by atoms with E-state index in [1.807, 2.05) is 10.9 Å². The molecule has 1 aromatic carbocycles. The fraction of sp³-hybridized carbons (Fsp3) is 0.263. The number of hydrazine groups is 1. The fourth-order valence-electron chi connectivity index (χ4n) is 2.73. The summed E-state index contributed by atoms with van der Waals surface area (Å²) in [5.41, 5.74) is 1.72. The number of anilines is 2. The van der Waals surface area contributed by atoms with Crippen LogP contribution in [0.15, 0.2) is 41.7 Å². The molecule has 1 aliphatic rings. The Morgan fingerprint density at radius 3 is 2.43 bits per heavy atom. The molecule has 0 bridgehead atoms. The molecule has 0 fully saturated rings. The molecule has 1 aliphatic heterocycles. The van der Waals surface area contributed by atoms with Crippen molar-refractivity contribution >= 4 is 40.8 Å². The smallest absolute Gasteiger partial charge is 0.390 e. The monoisotopic (exact) mass is 524 g/mol. The van der Waals surface area contributed by atoms with Crippen molar-refractivity contribution in [2.45, 2.75) is 24.9 Å². The SMILES string of the molecule is O=C(NNC(=O)C1=NO[C@H](CNc2ncc(C(F)(F)F)cc2Cl)C1)Nc1cccc(C(F)(F)F)c1. The van der Waals surface area contributed by atoms with Gasteiger partial charge in [0, 0.05) is 18.3 Å². The van der Waals surface area contributed by atoms with Gasteiger partial charge >= 0.3 is 18.4 Å². The van der Waals surface area contributed by atoms with Crippen LogP contribution in [0.1, 0.15) is 17.5 Å². The van der Waals surface area contributed by atoms with Crippen molar-refractivity contribution in [3.05, 3.63) is 52.7 Å². The molecule has 0 radical (unpaired) electrons. The van der Waals surface area contributed by atoms with Gasteiger partial charge in [-0.1, -0.05) is 22.8 Å². The highest BCUT2D eigenvalue weighted by molar-refractivity contribution is 6.39. The summed E-state index contributed by atoms with van der Waals surface area (Å²) in [6.45, 7) is -0.0121. The van der Waals surface area contributed by atoms with Gasteiger partial charge in [-0.25, -0.2) is 15.2 Å². The lowest BCUT2D eigenvalue weighted by atomic mass is 10.1. The number of aromatic nitrogens is 1. The summed E-state index contributed by atoms with van der Waals surface area (Å²) in [4.78, 5) is 32.6. The van der Waals surface area contributed by atoms with Gasteiger partial charge in [-0.05, 0) is 24.3 Å².